The summed E-state index contributed by atoms with van der Waals surface area (Å²) in [7, 11) is 0. The fourth-order valence-corrected chi connectivity index (χ4v) is 1.43. The maximum absolute atomic E-state index is 5.26. The van der Waals surface area contributed by atoms with Gasteiger partial charge in [-0.25, -0.2) is 5.32 Å². The number of furan rings is 1. The fourth-order valence-electron chi connectivity index (χ4n) is 1.43. The molecule has 2 rings (SSSR count). The molecule has 1 aromatic heterocycles. The molecule has 0 aliphatic carbocycles. The highest BCUT2D eigenvalue weighted by Gasteiger charge is 2.11. The van der Waals surface area contributed by atoms with E-state index in [9.17, 15) is 0 Å². The van der Waals surface area contributed by atoms with E-state index < -0.39 is 0 Å². The summed E-state index contributed by atoms with van der Waals surface area (Å²) in [5.74, 6) is 1.05. The summed E-state index contributed by atoms with van der Waals surface area (Å²) >= 11 is 0. The Morgan fingerprint density at radius 3 is 2.92 bits per heavy atom. The average Bonchev–Trinajstić information content (AvgIpc) is 2.59. The van der Waals surface area contributed by atoms with Crippen LogP contribution in [0.5, 0.6) is 0 Å². The predicted octanol–water partition coefficient (Wildman–Crippen LogP) is 0.700. The number of rotatable bonds is 2. The second-order valence-electron chi connectivity index (χ2n) is 3.03. The molecule has 0 aromatic carbocycles. The molecule has 1 radical (unpaired) electrons. The number of hydrogen-bond acceptors (Lipinski definition) is 2. The van der Waals surface area contributed by atoms with Crippen molar-refractivity contribution in [1.82, 2.24) is 10.2 Å². The largest absolute Gasteiger partial charge is 0.468 e. The molecule has 0 spiro atoms. The van der Waals surface area contributed by atoms with Gasteiger partial charge in [0.2, 0.25) is 0 Å². The Hall–Kier alpha value is -0.800. The van der Waals surface area contributed by atoms with Crippen molar-refractivity contribution in [3.05, 3.63) is 24.2 Å². The third kappa shape index (κ3) is 1.87. The van der Waals surface area contributed by atoms with Crippen molar-refractivity contribution < 1.29 is 4.42 Å². The van der Waals surface area contributed by atoms with Crippen LogP contribution >= 0.6 is 0 Å². The topological polar surface area (TPSA) is 30.5 Å². The SMILES string of the molecule is c1coc(CN2CC[N]CC2)c1. The number of hydrogen-bond donors (Lipinski definition) is 0. The second-order valence-corrected chi connectivity index (χ2v) is 3.03. The van der Waals surface area contributed by atoms with E-state index in [1.165, 1.54) is 0 Å². The van der Waals surface area contributed by atoms with Crippen molar-refractivity contribution in [2.45, 2.75) is 6.54 Å². The van der Waals surface area contributed by atoms with Gasteiger partial charge in [-0.1, -0.05) is 0 Å². The summed E-state index contributed by atoms with van der Waals surface area (Å²) in [6.45, 7) is 5.02. The van der Waals surface area contributed by atoms with Crippen LogP contribution < -0.4 is 5.32 Å². The molecule has 0 N–H and O–H groups in total. The number of nitrogens with zero attached hydrogens (tertiary/aromatic N) is 2. The van der Waals surface area contributed by atoms with Crippen LogP contribution in [0.1, 0.15) is 5.76 Å². The van der Waals surface area contributed by atoms with Gasteiger partial charge in [0.15, 0.2) is 0 Å². The standard InChI is InChI=1S/C9H13N2O/c1-2-9(12-7-1)8-11-5-3-10-4-6-11/h1-2,7H,3-6,8H2. The minimum atomic E-state index is 0.933. The molecule has 3 heteroatoms. The van der Waals surface area contributed by atoms with E-state index in [1.54, 1.807) is 6.26 Å². The fraction of sp³-hybridized carbons (Fsp3) is 0.556. The third-order valence-electron chi connectivity index (χ3n) is 2.11. The molecule has 12 heavy (non-hydrogen) atoms. The average molecular weight is 165 g/mol. The Labute approximate surface area is 72.4 Å². The molecular formula is C9H13N2O. The molecule has 1 aliphatic rings. The van der Waals surface area contributed by atoms with Crippen LogP contribution in [0.2, 0.25) is 0 Å². The van der Waals surface area contributed by atoms with Crippen LogP contribution in [0.4, 0.5) is 0 Å². The highest BCUT2D eigenvalue weighted by Crippen LogP contribution is 2.05. The summed E-state index contributed by atoms with van der Waals surface area (Å²) in [5, 5.41) is 4.28. The summed E-state index contributed by atoms with van der Waals surface area (Å²) in [5.41, 5.74) is 0. The van der Waals surface area contributed by atoms with Crippen LogP contribution in [-0.2, 0) is 6.54 Å². The Morgan fingerprint density at radius 2 is 2.25 bits per heavy atom. The monoisotopic (exact) mass is 165 g/mol. The molecule has 1 saturated heterocycles. The Balaban J connectivity index is 1.86. The van der Waals surface area contributed by atoms with E-state index in [1.807, 2.05) is 12.1 Å². The number of piperazine rings is 1. The van der Waals surface area contributed by atoms with Gasteiger partial charge in [0.1, 0.15) is 5.76 Å². The van der Waals surface area contributed by atoms with Crippen molar-refractivity contribution in [3.8, 4) is 0 Å². The van der Waals surface area contributed by atoms with Gasteiger partial charge in [-0.15, -0.1) is 0 Å². The van der Waals surface area contributed by atoms with Gasteiger partial charge in [-0.2, -0.15) is 0 Å². The predicted molar refractivity (Wildman–Crippen MR) is 45.9 cm³/mol. The van der Waals surface area contributed by atoms with Crippen LogP contribution in [0.25, 0.3) is 0 Å². The highest BCUT2D eigenvalue weighted by atomic mass is 16.3. The maximum Gasteiger partial charge on any atom is 0.117 e. The van der Waals surface area contributed by atoms with Crippen LogP contribution in [0.15, 0.2) is 22.8 Å². The second kappa shape index (κ2) is 3.74. The molecule has 1 aliphatic heterocycles. The molecule has 1 fully saturated rings. The van der Waals surface area contributed by atoms with Gasteiger partial charge >= 0.3 is 0 Å². The van der Waals surface area contributed by atoms with Gasteiger partial charge in [-0.3, -0.25) is 4.90 Å². The Morgan fingerprint density at radius 1 is 1.42 bits per heavy atom. The third-order valence-corrected chi connectivity index (χ3v) is 2.11. The van der Waals surface area contributed by atoms with Gasteiger partial charge in [0, 0.05) is 26.2 Å². The summed E-state index contributed by atoms with van der Waals surface area (Å²) in [6.07, 6.45) is 1.73. The van der Waals surface area contributed by atoms with E-state index >= 15 is 0 Å². The first-order chi connectivity index (χ1) is 5.95. The van der Waals surface area contributed by atoms with E-state index in [2.05, 4.69) is 10.2 Å². The lowest BCUT2D eigenvalue weighted by molar-refractivity contribution is 0.214. The van der Waals surface area contributed by atoms with Crippen molar-refractivity contribution in [2.24, 2.45) is 0 Å². The van der Waals surface area contributed by atoms with E-state index in [4.69, 9.17) is 4.42 Å². The smallest absolute Gasteiger partial charge is 0.117 e. The first kappa shape index (κ1) is 7.83. The summed E-state index contributed by atoms with van der Waals surface area (Å²) < 4.78 is 5.26. The molecule has 0 atom stereocenters. The zero-order valence-electron chi connectivity index (χ0n) is 7.07. The lowest BCUT2D eigenvalue weighted by Crippen LogP contribution is -2.39. The summed E-state index contributed by atoms with van der Waals surface area (Å²) in [4.78, 5) is 2.37. The molecule has 2 heterocycles. The molecule has 0 bridgehead atoms. The zero-order valence-corrected chi connectivity index (χ0v) is 7.07. The first-order valence-corrected chi connectivity index (χ1v) is 4.33. The zero-order chi connectivity index (χ0) is 8.23. The van der Waals surface area contributed by atoms with Gasteiger partial charge in [0.05, 0.1) is 12.8 Å². The van der Waals surface area contributed by atoms with E-state index in [0.717, 1.165) is 38.5 Å². The van der Waals surface area contributed by atoms with Gasteiger partial charge in [-0.05, 0) is 12.1 Å². The van der Waals surface area contributed by atoms with Crippen molar-refractivity contribution in [2.75, 3.05) is 26.2 Å². The molecule has 65 valence electrons. The van der Waals surface area contributed by atoms with Crippen LogP contribution in [-0.4, -0.2) is 31.1 Å². The minimum absolute atomic E-state index is 0.933. The molecular weight excluding hydrogens is 152 g/mol. The van der Waals surface area contributed by atoms with Crippen molar-refractivity contribution in [3.63, 3.8) is 0 Å². The summed E-state index contributed by atoms with van der Waals surface area (Å²) in [6, 6.07) is 3.95. The minimum Gasteiger partial charge on any atom is -0.468 e. The molecule has 1 aromatic rings. The normalized spacial score (nSPS) is 19.7. The maximum atomic E-state index is 5.26. The molecule has 0 unspecified atom stereocenters. The molecule has 0 saturated carbocycles. The van der Waals surface area contributed by atoms with Gasteiger partial charge in [0.25, 0.3) is 0 Å². The molecule has 3 nitrogen and oxygen atoms in total. The Kier molecular flexibility index (Phi) is 2.44. The van der Waals surface area contributed by atoms with E-state index in [0.29, 0.717) is 0 Å². The van der Waals surface area contributed by atoms with Gasteiger partial charge < -0.3 is 4.42 Å². The Bertz CT molecular complexity index is 214. The van der Waals surface area contributed by atoms with Crippen molar-refractivity contribution in [1.29, 1.82) is 0 Å². The van der Waals surface area contributed by atoms with Crippen LogP contribution in [0.3, 0.4) is 0 Å². The quantitative estimate of drug-likeness (QED) is 0.645. The molecule has 0 amide bonds. The van der Waals surface area contributed by atoms with Crippen molar-refractivity contribution >= 4 is 0 Å². The highest BCUT2D eigenvalue weighted by molar-refractivity contribution is 4.98. The van der Waals surface area contributed by atoms with Crippen LogP contribution in [0, 0.1) is 0 Å². The van der Waals surface area contributed by atoms with E-state index in [-0.39, 0.29) is 0 Å². The first-order valence-electron chi connectivity index (χ1n) is 4.33. The lowest BCUT2D eigenvalue weighted by Gasteiger charge is -2.24. The lowest BCUT2D eigenvalue weighted by atomic mass is 10.3.